The van der Waals surface area contributed by atoms with Crippen LogP contribution in [0.4, 0.5) is 0 Å². The Labute approximate surface area is 110 Å². The smallest absolute Gasteiger partial charge is 0.172 e. The van der Waals surface area contributed by atoms with Crippen LogP contribution in [-0.2, 0) is 14.9 Å². The molecule has 0 heterocycles. The molecule has 0 radical (unpaired) electrons. The predicted octanol–water partition coefficient (Wildman–Crippen LogP) is 4.58. The van der Waals surface area contributed by atoms with Crippen molar-refractivity contribution in [2.24, 2.45) is 0 Å². The first kappa shape index (κ1) is 14.0. The average molecular weight is 475 g/mol. The molecule has 2 aromatic carbocycles. The van der Waals surface area contributed by atoms with E-state index >= 15 is 0 Å². The molecule has 2 rings (SSSR count). The molecule has 0 nitrogen and oxygen atoms in total. The minimum absolute atomic E-state index is 0.170. The fourth-order valence-corrected chi connectivity index (χ4v) is 0.642. The third-order valence-electron chi connectivity index (χ3n) is 1.11. The van der Waals surface area contributed by atoms with Gasteiger partial charge in [-0.05, 0) is 0 Å². The van der Waals surface area contributed by atoms with E-state index in [0.29, 0.717) is 0 Å². The summed E-state index contributed by atoms with van der Waals surface area (Å²) in [6.07, 6.45) is 0. The van der Waals surface area contributed by atoms with Gasteiger partial charge >= 0.3 is 50.9 Å². The van der Waals surface area contributed by atoms with Gasteiger partial charge in [0.2, 0.25) is 0 Å². The van der Waals surface area contributed by atoms with Crippen molar-refractivity contribution in [1.29, 1.82) is 0 Å². The standard InChI is InChI=1S/2C5H5.2HI.Zr/c2*1-2-4-5-3-1;;;/h2*1-5H;2*1H;/q-5;-1;;;+2/p-2. The van der Waals surface area contributed by atoms with E-state index in [2.05, 4.69) is 36.1 Å². The number of hydrogen-bond acceptors (Lipinski definition) is 0. The van der Waals surface area contributed by atoms with E-state index in [4.69, 9.17) is 0 Å². The molecule has 0 atom stereocenters. The molecule has 0 aliphatic heterocycles. The van der Waals surface area contributed by atoms with E-state index in [-0.39, 0.29) is 14.9 Å². The van der Waals surface area contributed by atoms with Crippen LogP contribution >= 0.6 is 36.1 Å². The van der Waals surface area contributed by atoms with Crippen molar-refractivity contribution in [3.8, 4) is 0 Å². The molecule has 0 aliphatic rings. The molecule has 0 saturated heterocycles. The summed E-state index contributed by atoms with van der Waals surface area (Å²) in [6, 6.07) is 20.0. The molecule has 0 bridgehead atoms. The van der Waals surface area contributed by atoms with E-state index in [1.165, 1.54) is 0 Å². The SMILES string of the molecule is [I][Zr][I].[cH-]1[cH-][cH-][cH-][cH-]1.c1cc[cH-]c1. The molecule has 0 N–H and O–H groups in total. The fourth-order valence-electron chi connectivity index (χ4n) is 0.642. The van der Waals surface area contributed by atoms with Gasteiger partial charge < -0.3 is 30.3 Å². The molecule has 0 unspecified atom stereocenters. The summed E-state index contributed by atoms with van der Waals surface area (Å²) in [6.45, 7) is 0. The Morgan fingerprint density at radius 2 is 1.08 bits per heavy atom. The van der Waals surface area contributed by atoms with Crippen molar-refractivity contribution < 1.29 is 14.9 Å². The zero-order chi connectivity index (χ0) is 9.78. The molecule has 2 aromatic rings. The van der Waals surface area contributed by atoms with Crippen molar-refractivity contribution in [1.82, 2.24) is 0 Å². The van der Waals surface area contributed by atoms with Gasteiger partial charge in [0.1, 0.15) is 0 Å². The molecular weight excluding hydrogens is 465 g/mol. The van der Waals surface area contributed by atoms with Crippen molar-refractivity contribution in [2.75, 3.05) is 0 Å². The third-order valence-corrected chi connectivity index (χ3v) is 1.11. The zero-order valence-corrected chi connectivity index (χ0v) is 13.8. The Bertz CT molecular complexity index is 165. The van der Waals surface area contributed by atoms with Crippen LogP contribution in [0.15, 0.2) is 60.7 Å². The Morgan fingerprint density at radius 3 is 1.23 bits per heavy atom. The molecule has 0 fully saturated rings. The van der Waals surface area contributed by atoms with Crippen LogP contribution in [-0.4, -0.2) is 0 Å². The van der Waals surface area contributed by atoms with Crippen LogP contribution in [0.3, 0.4) is 0 Å². The Hall–Kier alpha value is 1.04. The number of rotatable bonds is 0. The van der Waals surface area contributed by atoms with Crippen molar-refractivity contribution in [3.05, 3.63) is 60.7 Å². The quantitative estimate of drug-likeness (QED) is 0.387. The van der Waals surface area contributed by atoms with Crippen molar-refractivity contribution in [3.63, 3.8) is 0 Å². The summed E-state index contributed by atoms with van der Waals surface area (Å²) in [5.74, 6) is 0. The molecule has 0 aliphatic carbocycles. The molecular formula is C10H10I2Zr-6. The Balaban J connectivity index is 0.000000174. The summed E-state index contributed by atoms with van der Waals surface area (Å²) in [7, 11) is 0. The first-order valence-electron chi connectivity index (χ1n) is 3.71. The maximum absolute atomic E-state index is 2.45. The van der Waals surface area contributed by atoms with Crippen LogP contribution in [0.25, 0.3) is 0 Å². The summed E-state index contributed by atoms with van der Waals surface area (Å²) in [5, 5.41) is 0. The average Bonchev–Trinajstić information content (AvgIpc) is 2.85. The third kappa shape index (κ3) is 13.0. The molecule has 0 amide bonds. The predicted molar refractivity (Wildman–Crippen MR) is 72.1 cm³/mol. The summed E-state index contributed by atoms with van der Waals surface area (Å²) in [5.41, 5.74) is 0. The topological polar surface area (TPSA) is 0 Å². The first-order chi connectivity index (χ1) is 6.41. The van der Waals surface area contributed by atoms with Crippen molar-refractivity contribution in [2.45, 2.75) is 0 Å². The Kier molecular flexibility index (Phi) is 14.1. The fraction of sp³-hybridized carbons (Fsp3) is 0. The van der Waals surface area contributed by atoms with Gasteiger partial charge in [0.05, 0.1) is 0 Å². The van der Waals surface area contributed by atoms with Crippen LogP contribution < -0.4 is 0 Å². The van der Waals surface area contributed by atoms with Crippen LogP contribution in [0.2, 0.25) is 0 Å². The van der Waals surface area contributed by atoms with E-state index in [9.17, 15) is 0 Å². The molecule has 0 saturated carbocycles. The van der Waals surface area contributed by atoms with Gasteiger partial charge in [-0.15, -0.1) is 0 Å². The largest absolute Gasteiger partial charge is 0.748 e. The van der Waals surface area contributed by atoms with Gasteiger partial charge in [0.25, 0.3) is 0 Å². The molecule has 3 heteroatoms. The first-order valence-corrected chi connectivity index (χ1v) is 18.3. The number of halogens is 2. The van der Waals surface area contributed by atoms with Crippen LogP contribution in [0.1, 0.15) is 0 Å². The molecule has 13 heavy (non-hydrogen) atoms. The maximum atomic E-state index is 2.45. The van der Waals surface area contributed by atoms with Crippen LogP contribution in [0.5, 0.6) is 0 Å². The van der Waals surface area contributed by atoms with Gasteiger partial charge in [-0.25, -0.2) is 12.1 Å². The second-order valence-corrected chi connectivity index (χ2v) is 20.9. The summed E-state index contributed by atoms with van der Waals surface area (Å²) in [4.78, 5) is 0. The normalized spacial score (nSPS) is 7.23. The number of hydrogen-bond donors (Lipinski definition) is 0. The van der Waals surface area contributed by atoms with Gasteiger partial charge in [-0.3, -0.25) is 0 Å². The minimum Gasteiger partial charge on any atom is -0.748 e. The van der Waals surface area contributed by atoms with Crippen molar-refractivity contribution >= 4 is 36.1 Å². The van der Waals surface area contributed by atoms with Crippen LogP contribution in [0, 0.1) is 0 Å². The van der Waals surface area contributed by atoms with E-state index in [1.807, 2.05) is 60.7 Å². The summed E-state index contributed by atoms with van der Waals surface area (Å²) >= 11 is 5.06. The minimum atomic E-state index is 0.170. The second-order valence-electron chi connectivity index (χ2n) is 2.00. The van der Waals surface area contributed by atoms with Gasteiger partial charge in [-0.1, -0.05) is 0 Å². The van der Waals surface area contributed by atoms with E-state index in [0.717, 1.165) is 0 Å². The molecule has 0 spiro atoms. The molecule has 74 valence electrons. The molecule has 0 aromatic heterocycles. The van der Waals surface area contributed by atoms with Gasteiger partial charge in [0.15, 0.2) is 0 Å². The summed E-state index contributed by atoms with van der Waals surface area (Å²) < 4.78 is 0. The van der Waals surface area contributed by atoms with E-state index in [1.54, 1.807) is 0 Å². The van der Waals surface area contributed by atoms with Gasteiger partial charge in [0, 0.05) is 0 Å². The zero-order valence-electron chi connectivity index (χ0n) is 7.03. The maximum Gasteiger partial charge on any atom is -0.172 e. The monoisotopic (exact) mass is 474 g/mol. The Morgan fingerprint density at radius 1 is 0.769 bits per heavy atom. The van der Waals surface area contributed by atoms with E-state index < -0.39 is 0 Å². The second kappa shape index (κ2) is 13.0. The van der Waals surface area contributed by atoms with Gasteiger partial charge in [-0.2, -0.15) is 18.2 Å².